The van der Waals surface area contributed by atoms with Gasteiger partial charge in [0.1, 0.15) is 17.1 Å². The molecule has 1 fully saturated rings. The molecule has 3 heterocycles. The highest BCUT2D eigenvalue weighted by atomic mass is 16.5. The maximum atomic E-state index is 13.0. The molecule has 4 rings (SSSR count). The van der Waals surface area contributed by atoms with Gasteiger partial charge in [-0.25, -0.2) is 4.79 Å². The molecule has 9 nitrogen and oxygen atoms in total. The van der Waals surface area contributed by atoms with Gasteiger partial charge in [0.25, 0.3) is 5.56 Å². The van der Waals surface area contributed by atoms with E-state index in [-0.39, 0.29) is 29.7 Å². The van der Waals surface area contributed by atoms with Crippen LogP contribution in [0.4, 0.5) is 0 Å². The lowest BCUT2D eigenvalue weighted by Crippen LogP contribution is -2.29. The first kappa shape index (κ1) is 25.5. The molecule has 0 saturated carbocycles. The highest BCUT2D eigenvalue weighted by Gasteiger charge is 2.29. The Bertz CT molecular complexity index is 1200. The van der Waals surface area contributed by atoms with E-state index in [1.165, 1.54) is 13.2 Å². The summed E-state index contributed by atoms with van der Waals surface area (Å²) < 4.78 is 18.1. The summed E-state index contributed by atoms with van der Waals surface area (Å²) in [7, 11) is 4.73. The fourth-order valence-electron chi connectivity index (χ4n) is 4.82. The third-order valence-corrected chi connectivity index (χ3v) is 6.77. The summed E-state index contributed by atoms with van der Waals surface area (Å²) in [5, 5.41) is 0. The number of hydrogen-bond acceptors (Lipinski definition) is 7. The van der Waals surface area contributed by atoms with Crippen molar-refractivity contribution in [1.82, 2.24) is 14.4 Å². The third kappa shape index (κ3) is 5.62. The molecule has 2 aromatic rings. The molecule has 2 aliphatic rings. The van der Waals surface area contributed by atoms with Gasteiger partial charge in [-0.05, 0) is 6.07 Å². The minimum Gasteiger partial charge on any atom is -0.496 e. The van der Waals surface area contributed by atoms with Crippen molar-refractivity contribution in [2.75, 3.05) is 54.1 Å². The maximum absolute atomic E-state index is 13.0. The first-order valence-electron chi connectivity index (χ1n) is 12.1. The molecule has 1 amide bonds. The number of methoxy groups -OCH3 is 2. The van der Waals surface area contributed by atoms with Crippen molar-refractivity contribution < 1.29 is 23.8 Å². The molecular weight excluding hydrogens is 462 g/mol. The van der Waals surface area contributed by atoms with E-state index in [0.717, 1.165) is 11.3 Å². The topological polar surface area (TPSA) is 90.3 Å². The number of carbonyl (C=O) groups excluding carboxylic acids is 2. The normalized spacial score (nSPS) is 18.2. The third-order valence-electron chi connectivity index (χ3n) is 6.77. The molecule has 1 aromatic heterocycles. The number of carbonyl (C=O) groups is 2. The fraction of sp³-hybridized carbons (Fsp3) is 0.444. The number of amides is 1. The second-order valence-electron chi connectivity index (χ2n) is 9.16. The monoisotopic (exact) mass is 495 g/mol. The van der Waals surface area contributed by atoms with E-state index in [0.29, 0.717) is 56.8 Å². The summed E-state index contributed by atoms with van der Waals surface area (Å²) in [6, 6.07) is 9.19. The van der Waals surface area contributed by atoms with Crippen LogP contribution in [0.15, 0.2) is 41.2 Å². The Kier molecular flexibility index (Phi) is 8.10. The number of pyridine rings is 1. The molecule has 2 aliphatic heterocycles. The van der Waals surface area contributed by atoms with Crippen molar-refractivity contribution >= 4 is 18.0 Å². The summed E-state index contributed by atoms with van der Waals surface area (Å²) in [4.78, 5) is 41.5. The van der Waals surface area contributed by atoms with Crippen LogP contribution < -0.4 is 15.0 Å². The van der Waals surface area contributed by atoms with Crippen LogP contribution in [-0.2, 0) is 22.5 Å². The average Bonchev–Trinajstić information content (AvgIpc) is 3.06. The van der Waals surface area contributed by atoms with Gasteiger partial charge < -0.3 is 23.7 Å². The van der Waals surface area contributed by atoms with Crippen LogP contribution in [0.2, 0.25) is 0 Å². The maximum Gasteiger partial charge on any atom is 0.343 e. The molecule has 0 aliphatic carbocycles. The molecule has 0 spiro atoms. The number of esters is 1. The largest absolute Gasteiger partial charge is 0.496 e. The van der Waals surface area contributed by atoms with Crippen molar-refractivity contribution in [3.05, 3.63) is 63.6 Å². The quantitative estimate of drug-likeness (QED) is 0.518. The zero-order valence-corrected chi connectivity index (χ0v) is 21.1. The van der Waals surface area contributed by atoms with Gasteiger partial charge in [0, 0.05) is 75.9 Å². The van der Waals surface area contributed by atoms with Crippen molar-refractivity contribution in [3.8, 4) is 11.5 Å². The Morgan fingerprint density at radius 3 is 2.64 bits per heavy atom. The molecular formula is C27H33N3O6. The SMILES string of the molecule is COC(=O)c1c(OCC2CC(=O)N(C)C2)cc(=O)n2c1CCN(CC=Cc1ccccc1OC)CC2. The van der Waals surface area contributed by atoms with Crippen LogP contribution in [0.25, 0.3) is 6.08 Å². The number of benzene rings is 1. The zero-order chi connectivity index (χ0) is 25.7. The number of likely N-dealkylation sites (tertiary alicyclic amines) is 1. The van der Waals surface area contributed by atoms with Gasteiger partial charge in [0.15, 0.2) is 0 Å². The molecule has 1 unspecified atom stereocenters. The summed E-state index contributed by atoms with van der Waals surface area (Å²) in [5.41, 5.74) is 1.71. The highest BCUT2D eigenvalue weighted by Crippen LogP contribution is 2.26. The minimum atomic E-state index is -0.530. The Morgan fingerprint density at radius 2 is 1.92 bits per heavy atom. The van der Waals surface area contributed by atoms with Crippen LogP contribution in [-0.4, -0.2) is 80.3 Å². The van der Waals surface area contributed by atoms with Crippen LogP contribution >= 0.6 is 0 Å². The van der Waals surface area contributed by atoms with Gasteiger partial charge in [-0.2, -0.15) is 0 Å². The van der Waals surface area contributed by atoms with Crippen molar-refractivity contribution in [2.24, 2.45) is 5.92 Å². The van der Waals surface area contributed by atoms with Gasteiger partial charge in [-0.15, -0.1) is 0 Å². The van der Waals surface area contributed by atoms with E-state index in [4.69, 9.17) is 14.2 Å². The number of fused-ring (bicyclic) bond motifs is 1. The Morgan fingerprint density at radius 1 is 1.11 bits per heavy atom. The number of hydrogen-bond donors (Lipinski definition) is 0. The molecule has 1 saturated heterocycles. The first-order valence-corrected chi connectivity index (χ1v) is 12.1. The van der Waals surface area contributed by atoms with Gasteiger partial charge in [0.05, 0.1) is 20.8 Å². The second kappa shape index (κ2) is 11.4. The van der Waals surface area contributed by atoms with E-state index in [1.54, 1.807) is 23.6 Å². The highest BCUT2D eigenvalue weighted by molar-refractivity contribution is 5.93. The molecule has 0 radical (unpaired) electrons. The molecule has 0 bridgehead atoms. The van der Waals surface area contributed by atoms with E-state index in [1.807, 2.05) is 30.3 Å². The van der Waals surface area contributed by atoms with Gasteiger partial charge >= 0.3 is 5.97 Å². The lowest BCUT2D eigenvalue weighted by atomic mass is 10.1. The summed E-state index contributed by atoms with van der Waals surface area (Å²) in [6.07, 6.45) is 5.00. The van der Waals surface area contributed by atoms with Gasteiger partial charge in [-0.3, -0.25) is 14.5 Å². The van der Waals surface area contributed by atoms with Crippen LogP contribution in [0.3, 0.4) is 0 Å². The lowest BCUT2D eigenvalue weighted by Gasteiger charge is -2.18. The summed E-state index contributed by atoms with van der Waals surface area (Å²) >= 11 is 0. The van der Waals surface area contributed by atoms with E-state index in [2.05, 4.69) is 11.0 Å². The van der Waals surface area contributed by atoms with Crippen molar-refractivity contribution in [3.63, 3.8) is 0 Å². The standard InChI is InChI=1S/C27H33N3O6/c1-28-17-19(15-24(28)31)18-36-23-16-25(32)30-14-13-29(12-10-21(30)26(23)27(33)35-3)11-6-8-20-7-4-5-9-22(20)34-2/h4-9,16,19H,10-15,17-18H2,1-3H3. The Balaban J connectivity index is 1.50. The fourth-order valence-corrected chi connectivity index (χ4v) is 4.82. The number of aromatic nitrogens is 1. The predicted molar refractivity (Wildman–Crippen MR) is 135 cm³/mol. The summed E-state index contributed by atoms with van der Waals surface area (Å²) in [6.45, 7) is 3.34. The number of para-hydroxylation sites is 1. The molecule has 1 aromatic carbocycles. The Hall–Kier alpha value is -3.59. The summed E-state index contributed by atoms with van der Waals surface area (Å²) in [5.74, 6) is 0.591. The van der Waals surface area contributed by atoms with E-state index < -0.39 is 5.97 Å². The number of ether oxygens (including phenoxy) is 3. The van der Waals surface area contributed by atoms with Gasteiger partial charge in [0.2, 0.25) is 5.91 Å². The average molecular weight is 496 g/mol. The first-order chi connectivity index (χ1) is 17.4. The number of rotatable bonds is 8. The van der Waals surface area contributed by atoms with E-state index >= 15 is 0 Å². The molecule has 0 N–H and O–H groups in total. The van der Waals surface area contributed by atoms with E-state index in [9.17, 15) is 14.4 Å². The number of nitrogens with zero attached hydrogens (tertiary/aromatic N) is 3. The zero-order valence-electron chi connectivity index (χ0n) is 21.1. The van der Waals surface area contributed by atoms with Crippen LogP contribution in [0.1, 0.15) is 28.0 Å². The minimum absolute atomic E-state index is 0.0140. The van der Waals surface area contributed by atoms with Crippen LogP contribution in [0, 0.1) is 5.92 Å². The lowest BCUT2D eigenvalue weighted by molar-refractivity contribution is -0.126. The molecule has 36 heavy (non-hydrogen) atoms. The van der Waals surface area contributed by atoms with Crippen molar-refractivity contribution in [1.29, 1.82) is 0 Å². The molecule has 192 valence electrons. The predicted octanol–water partition coefficient (Wildman–Crippen LogP) is 2.07. The Labute approximate surface area is 210 Å². The molecule has 9 heteroatoms. The van der Waals surface area contributed by atoms with Crippen molar-refractivity contribution in [2.45, 2.75) is 19.4 Å². The second-order valence-corrected chi connectivity index (χ2v) is 9.16. The van der Waals surface area contributed by atoms with Gasteiger partial charge in [-0.1, -0.05) is 30.4 Å². The van der Waals surface area contributed by atoms with Crippen LogP contribution in [0.5, 0.6) is 11.5 Å². The smallest absolute Gasteiger partial charge is 0.343 e. The molecule has 1 atom stereocenters.